The van der Waals surface area contributed by atoms with Gasteiger partial charge in [0, 0.05) is 50.7 Å². The van der Waals surface area contributed by atoms with Crippen molar-refractivity contribution in [2.24, 2.45) is 0 Å². The number of anilines is 8. The molecular weight excluding hydrogens is 1000 g/mol. The molecule has 418 valence electrons. The van der Waals surface area contributed by atoms with E-state index in [9.17, 15) is 0 Å². The van der Waals surface area contributed by atoms with E-state index in [2.05, 4.69) is 306 Å². The van der Waals surface area contributed by atoms with E-state index >= 15 is 0 Å². The predicted octanol–water partition coefficient (Wildman–Crippen LogP) is 20.1. The zero-order valence-corrected chi connectivity index (χ0v) is 51.9. The maximum absolute atomic E-state index is 2.86. The van der Waals surface area contributed by atoms with Gasteiger partial charge in [0.05, 0.1) is 16.9 Å². The molecule has 2 unspecified atom stereocenters. The molecule has 9 aromatic carbocycles. The summed E-state index contributed by atoms with van der Waals surface area (Å²) < 4.78 is 0. The van der Waals surface area contributed by atoms with Crippen LogP contribution in [0.2, 0.25) is 0 Å². The molecule has 0 spiro atoms. The molecule has 1 aliphatic carbocycles. The van der Waals surface area contributed by atoms with Crippen molar-refractivity contribution >= 4 is 68.6 Å². The molecule has 3 nitrogen and oxygen atoms in total. The van der Waals surface area contributed by atoms with Gasteiger partial charge in [-0.3, -0.25) is 0 Å². The summed E-state index contributed by atoms with van der Waals surface area (Å²) in [6, 6.07) is 75.8. The second-order valence-corrected chi connectivity index (χ2v) is 29.3. The zero-order valence-electron chi connectivity index (χ0n) is 51.9. The lowest BCUT2D eigenvalue weighted by Gasteiger charge is -2.49. The maximum atomic E-state index is 2.86. The van der Waals surface area contributed by atoms with Crippen LogP contribution in [0.4, 0.5) is 45.5 Å². The third-order valence-electron chi connectivity index (χ3n) is 19.9. The highest BCUT2D eigenvalue weighted by atomic mass is 15.3. The maximum Gasteiger partial charge on any atom is 0.252 e. The summed E-state index contributed by atoms with van der Waals surface area (Å²) in [6.45, 7) is 33.5. The van der Waals surface area contributed by atoms with Crippen molar-refractivity contribution in [1.29, 1.82) is 0 Å². The van der Waals surface area contributed by atoms with Crippen molar-refractivity contribution in [1.82, 2.24) is 0 Å². The summed E-state index contributed by atoms with van der Waals surface area (Å²) in [5.41, 5.74) is 27.5. The van der Waals surface area contributed by atoms with Gasteiger partial charge in [-0.15, -0.1) is 0 Å². The fraction of sp³-hybridized carbons (Fsp3) is 0.316. The third kappa shape index (κ3) is 8.99. The van der Waals surface area contributed by atoms with E-state index in [-0.39, 0.29) is 39.3 Å². The summed E-state index contributed by atoms with van der Waals surface area (Å²) in [4.78, 5) is 8.27. The Labute approximate surface area is 497 Å². The molecule has 9 aromatic rings. The molecule has 0 bridgehead atoms. The molecule has 3 aliphatic heterocycles. The number of fused-ring (bicyclic) bond motifs is 7. The van der Waals surface area contributed by atoms with Crippen LogP contribution in [0.15, 0.2) is 194 Å². The topological polar surface area (TPSA) is 9.72 Å². The first-order chi connectivity index (χ1) is 39.4. The average molecular weight is 1090 g/mol. The van der Waals surface area contributed by atoms with Crippen LogP contribution in [0.1, 0.15) is 157 Å². The minimum absolute atomic E-state index is 0.0109. The lowest BCUT2D eigenvalue weighted by molar-refractivity contribution is 0.261. The molecule has 1 saturated carbocycles. The Morgan fingerprint density at radius 1 is 0.349 bits per heavy atom. The third-order valence-corrected chi connectivity index (χ3v) is 19.9. The normalized spacial score (nSPS) is 18.5. The highest BCUT2D eigenvalue weighted by molar-refractivity contribution is 7.00. The van der Waals surface area contributed by atoms with Gasteiger partial charge in [-0.2, -0.15) is 0 Å². The van der Waals surface area contributed by atoms with Gasteiger partial charge in [-0.1, -0.05) is 249 Å². The van der Waals surface area contributed by atoms with E-state index in [0.717, 1.165) is 12.8 Å². The fourth-order valence-corrected chi connectivity index (χ4v) is 14.8. The average Bonchev–Trinajstić information content (AvgIpc) is 1.87. The van der Waals surface area contributed by atoms with Crippen LogP contribution in [0.25, 0.3) is 33.4 Å². The minimum atomic E-state index is -0.214. The van der Waals surface area contributed by atoms with Crippen LogP contribution in [-0.4, -0.2) is 12.3 Å². The van der Waals surface area contributed by atoms with E-state index < -0.39 is 0 Å². The monoisotopic (exact) mass is 1090 g/mol. The molecule has 0 amide bonds. The summed E-state index contributed by atoms with van der Waals surface area (Å²) in [7, 11) is 0. The van der Waals surface area contributed by atoms with Crippen molar-refractivity contribution in [2.75, 3.05) is 14.7 Å². The molecule has 2 atom stereocenters. The van der Waals surface area contributed by atoms with E-state index in [1.54, 1.807) is 0 Å². The van der Waals surface area contributed by atoms with Crippen LogP contribution in [0.5, 0.6) is 0 Å². The van der Waals surface area contributed by atoms with Crippen LogP contribution in [0.3, 0.4) is 0 Å². The number of rotatable bonds is 6. The van der Waals surface area contributed by atoms with Gasteiger partial charge < -0.3 is 14.7 Å². The van der Waals surface area contributed by atoms with Crippen molar-refractivity contribution in [3.63, 3.8) is 0 Å². The minimum Gasteiger partial charge on any atom is -0.334 e. The molecule has 0 N–H and O–H groups in total. The predicted molar refractivity (Wildman–Crippen MR) is 359 cm³/mol. The Bertz CT molecular complexity index is 3980. The summed E-state index contributed by atoms with van der Waals surface area (Å²) in [5.74, 6) is 0. The fourth-order valence-electron chi connectivity index (χ4n) is 14.8. The molecule has 1 fully saturated rings. The smallest absolute Gasteiger partial charge is 0.252 e. The van der Waals surface area contributed by atoms with E-state index in [1.165, 1.54) is 142 Å². The van der Waals surface area contributed by atoms with Crippen LogP contribution in [-0.2, 0) is 27.1 Å². The highest BCUT2D eigenvalue weighted by Gasteiger charge is 2.58. The first-order valence-corrected chi connectivity index (χ1v) is 30.9. The van der Waals surface area contributed by atoms with Gasteiger partial charge in [0.25, 0.3) is 6.71 Å². The Hall–Kier alpha value is -7.56. The van der Waals surface area contributed by atoms with Crippen molar-refractivity contribution in [3.05, 3.63) is 222 Å². The van der Waals surface area contributed by atoms with Gasteiger partial charge >= 0.3 is 0 Å². The van der Waals surface area contributed by atoms with Gasteiger partial charge in [0.2, 0.25) is 0 Å². The van der Waals surface area contributed by atoms with E-state index in [1.807, 2.05) is 0 Å². The summed E-state index contributed by atoms with van der Waals surface area (Å²) in [6.07, 6.45) is 5.93. The largest absolute Gasteiger partial charge is 0.334 e. The second-order valence-electron chi connectivity index (χ2n) is 29.3. The molecule has 3 heterocycles. The van der Waals surface area contributed by atoms with Crippen molar-refractivity contribution in [2.45, 2.75) is 162 Å². The summed E-state index contributed by atoms with van der Waals surface area (Å²) in [5, 5.41) is 0. The quantitative estimate of drug-likeness (QED) is 0.154. The summed E-state index contributed by atoms with van der Waals surface area (Å²) >= 11 is 0. The van der Waals surface area contributed by atoms with Crippen molar-refractivity contribution < 1.29 is 0 Å². The van der Waals surface area contributed by atoms with Gasteiger partial charge in [-0.25, -0.2) is 0 Å². The molecule has 0 saturated heterocycles. The van der Waals surface area contributed by atoms with Crippen LogP contribution >= 0.6 is 0 Å². The zero-order chi connectivity index (χ0) is 58.2. The SMILES string of the molecule is CC(C)(C)c1ccc(N2c3ccc(-c4ccccc4)cc3B3c4ccc(C(C)(C)C)cc4N(c4ccc(C(C)(C)C)cc4-c4ccccc4)c4cc(N5c6ccc(C(C)(C)C)cc6C6(C)CCCCCC56C)cc2c43)c(-c2ccccc2)c1. The van der Waals surface area contributed by atoms with Crippen molar-refractivity contribution in [3.8, 4) is 33.4 Å². The number of hydrogen-bond acceptors (Lipinski definition) is 3. The first-order valence-electron chi connectivity index (χ1n) is 30.9. The number of hydrogen-bond donors (Lipinski definition) is 0. The lowest BCUT2D eigenvalue weighted by atomic mass is 9.33. The molecular formula is C79H84BN3. The molecule has 4 aliphatic rings. The molecule has 4 heteroatoms. The lowest BCUT2D eigenvalue weighted by Crippen LogP contribution is -2.61. The second kappa shape index (κ2) is 19.5. The van der Waals surface area contributed by atoms with Gasteiger partial charge in [-0.05, 0) is 162 Å². The van der Waals surface area contributed by atoms with E-state index in [0.29, 0.717) is 0 Å². The van der Waals surface area contributed by atoms with Gasteiger partial charge in [0.15, 0.2) is 0 Å². The number of nitrogens with zero attached hydrogens (tertiary/aromatic N) is 3. The molecule has 83 heavy (non-hydrogen) atoms. The standard InChI is InChI=1S/C79H84BN3/c1-74(2,3)56-35-40-66(61(46-56)53-29-21-16-22-30-53)81-69-39-33-55(52-27-19-15-20-28-52)45-65(69)80-64-38-34-59(77(10,11)12)49-70(64)82(67-41-36-57(75(4,5)6)47-62(67)54-31-23-17-24-32-54)72-51-60(50-71(81)73(72)80)83-68-42-37-58(76(7,8)9)48-63(68)78(13)43-25-18-26-44-79(78,83)14/h15-17,19-24,27-42,45-51H,18,25-26,43-44H2,1-14H3. The molecule has 0 radical (unpaired) electrons. The Morgan fingerprint density at radius 2 is 0.795 bits per heavy atom. The molecule has 0 aromatic heterocycles. The van der Waals surface area contributed by atoms with Crippen LogP contribution in [0, 0.1) is 0 Å². The Kier molecular flexibility index (Phi) is 12.9. The first kappa shape index (κ1) is 54.7. The van der Waals surface area contributed by atoms with Crippen LogP contribution < -0.4 is 31.1 Å². The number of benzene rings is 9. The van der Waals surface area contributed by atoms with Gasteiger partial charge in [0.1, 0.15) is 0 Å². The Morgan fingerprint density at radius 3 is 1.33 bits per heavy atom. The highest BCUT2D eigenvalue weighted by Crippen LogP contribution is 2.62. The van der Waals surface area contributed by atoms with E-state index in [4.69, 9.17) is 0 Å². The Balaban J connectivity index is 1.21. The molecule has 13 rings (SSSR count).